The summed E-state index contributed by atoms with van der Waals surface area (Å²) in [5.41, 5.74) is 1.03. The van der Waals surface area contributed by atoms with Crippen LogP contribution in [-0.4, -0.2) is 26.5 Å². The quantitative estimate of drug-likeness (QED) is 0.615. The summed E-state index contributed by atoms with van der Waals surface area (Å²) in [6.07, 6.45) is 10.9. The number of hydrogen-bond acceptors (Lipinski definition) is 3. The van der Waals surface area contributed by atoms with E-state index in [-0.39, 0.29) is 0 Å². The van der Waals surface area contributed by atoms with E-state index in [9.17, 15) is 4.79 Å². The van der Waals surface area contributed by atoms with E-state index < -0.39 is 5.97 Å². The first-order chi connectivity index (χ1) is 8.29. The monoisotopic (exact) mass is 239 g/mol. The van der Waals surface area contributed by atoms with Gasteiger partial charge in [-0.3, -0.25) is 4.79 Å². The Bertz CT molecular complexity index is 299. The molecule has 96 valence electrons. The summed E-state index contributed by atoms with van der Waals surface area (Å²) in [5.74, 6) is -0.683. The van der Waals surface area contributed by atoms with Crippen LogP contribution in [0, 0.1) is 0 Å². The molecule has 5 heteroatoms. The number of rotatable bonds is 10. The lowest BCUT2D eigenvalue weighted by Gasteiger charge is -2.00. The number of carboxylic acid groups (broad SMARTS) is 1. The van der Waals surface area contributed by atoms with Gasteiger partial charge in [-0.2, -0.15) is 15.4 Å². The minimum atomic E-state index is -0.683. The van der Waals surface area contributed by atoms with E-state index in [1.807, 2.05) is 0 Å². The van der Waals surface area contributed by atoms with Gasteiger partial charge in [0, 0.05) is 6.42 Å². The summed E-state index contributed by atoms with van der Waals surface area (Å²) in [6.45, 7) is 0. The zero-order chi connectivity index (χ0) is 12.3. The molecule has 0 saturated heterocycles. The van der Waals surface area contributed by atoms with E-state index >= 15 is 0 Å². The van der Waals surface area contributed by atoms with Gasteiger partial charge in [0.1, 0.15) is 0 Å². The largest absolute Gasteiger partial charge is 0.481 e. The Morgan fingerprint density at radius 3 is 2.35 bits per heavy atom. The highest BCUT2D eigenvalue weighted by atomic mass is 16.4. The van der Waals surface area contributed by atoms with Crippen LogP contribution in [0.3, 0.4) is 0 Å². The second kappa shape index (κ2) is 8.73. The molecule has 1 aromatic heterocycles. The minimum Gasteiger partial charge on any atom is -0.481 e. The highest BCUT2D eigenvalue weighted by molar-refractivity contribution is 5.66. The molecule has 0 fully saturated rings. The Morgan fingerprint density at radius 1 is 1.12 bits per heavy atom. The van der Waals surface area contributed by atoms with Crippen molar-refractivity contribution in [1.82, 2.24) is 15.4 Å². The molecular weight excluding hydrogens is 218 g/mol. The molecule has 0 aliphatic heterocycles. The first kappa shape index (κ1) is 13.7. The van der Waals surface area contributed by atoms with Crippen molar-refractivity contribution in [3.05, 3.63) is 11.9 Å². The van der Waals surface area contributed by atoms with Crippen LogP contribution >= 0.6 is 0 Å². The van der Waals surface area contributed by atoms with Crippen molar-refractivity contribution in [2.75, 3.05) is 0 Å². The van der Waals surface area contributed by atoms with E-state index in [1.54, 1.807) is 6.20 Å². The van der Waals surface area contributed by atoms with Gasteiger partial charge < -0.3 is 5.11 Å². The second-order valence-electron chi connectivity index (χ2n) is 4.33. The molecule has 17 heavy (non-hydrogen) atoms. The maximum Gasteiger partial charge on any atom is 0.303 e. The van der Waals surface area contributed by atoms with Crippen LogP contribution in [0.15, 0.2) is 6.20 Å². The van der Waals surface area contributed by atoms with Crippen LogP contribution in [0.2, 0.25) is 0 Å². The van der Waals surface area contributed by atoms with E-state index in [2.05, 4.69) is 15.4 Å². The summed E-state index contributed by atoms with van der Waals surface area (Å²) < 4.78 is 0. The molecule has 0 amide bonds. The lowest BCUT2D eigenvalue weighted by molar-refractivity contribution is -0.137. The number of unbranched alkanes of at least 4 members (excludes halogenated alkanes) is 6. The number of aliphatic carboxylic acids is 1. The fourth-order valence-corrected chi connectivity index (χ4v) is 1.81. The molecule has 0 unspecified atom stereocenters. The molecule has 0 atom stereocenters. The number of nitrogens with one attached hydrogen (secondary N) is 1. The summed E-state index contributed by atoms with van der Waals surface area (Å²) in [4.78, 5) is 10.3. The van der Waals surface area contributed by atoms with Crippen molar-refractivity contribution in [2.45, 2.75) is 57.8 Å². The van der Waals surface area contributed by atoms with Crippen LogP contribution < -0.4 is 0 Å². The molecule has 1 aromatic rings. The van der Waals surface area contributed by atoms with Crippen molar-refractivity contribution in [2.24, 2.45) is 0 Å². The van der Waals surface area contributed by atoms with Gasteiger partial charge in [0.2, 0.25) is 0 Å². The molecule has 0 bridgehead atoms. The first-order valence-electron chi connectivity index (χ1n) is 6.35. The fourth-order valence-electron chi connectivity index (χ4n) is 1.81. The molecule has 1 heterocycles. The van der Waals surface area contributed by atoms with Crippen molar-refractivity contribution in [1.29, 1.82) is 0 Å². The number of hydrogen-bond donors (Lipinski definition) is 2. The first-order valence-corrected chi connectivity index (χ1v) is 6.35. The summed E-state index contributed by atoms with van der Waals surface area (Å²) in [5, 5.41) is 18.8. The lowest BCUT2D eigenvalue weighted by atomic mass is 10.1. The highest BCUT2D eigenvalue weighted by Crippen LogP contribution is 2.10. The second-order valence-corrected chi connectivity index (χ2v) is 4.33. The zero-order valence-corrected chi connectivity index (χ0v) is 10.2. The van der Waals surface area contributed by atoms with Crippen molar-refractivity contribution < 1.29 is 9.90 Å². The minimum absolute atomic E-state index is 0.312. The molecule has 0 radical (unpaired) electrons. The third-order valence-electron chi connectivity index (χ3n) is 2.79. The number of H-pyrrole nitrogens is 1. The molecule has 0 aliphatic rings. The van der Waals surface area contributed by atoms with Crippen LogP contribution in [0.4, 0.5) is 0 Å². The normalized spacial score (nSPS) is 10.6. The average Bonchev–Trinajstić information content (AvgIpc) is 2.79. The number of carbonyl (C=O) groups is 1. The molecular formula is C12H21N3O2. The van der Waals surface area contributed by atoms with Gasteiger partial charge in [0.15, 0.2) is 0 Å². The van der Waals surface area contributed by atoms with E-state index in [0.717, 1.165) is 37.8 Å². The van der Waals surface area contributed by atoms with Crippen LogP contribution in [0.1, 0.15) is 57.1 Å². The number of aromatic amines is 1. The Hall–Kier alpha value is -1.39. The van der Waals surface area contributed by atoms with Crippen molar-refractivity contribution >= 4 is 5.97 Å². The molecule has 0 aliphatic carbocycles. The Morgan fingerprint density at radius 2 is 1.76 bits per heavy atom. The topological polar surface area (TPSA) is 78.9 Å². The summed E-state index contributed by atoms with van der Waals surface area (Å²) in [7, 11) is 0. The average molecular weight is 239 g/mol. The van der Waals surface area contributed by atoms with Gasteiger partial charge in [-0.05, 0) is 19.3 Å². The Labute approximate surface area is 102 Å². The molecule has 5 nitrogen and oxygen atoms in total. The highest BCUT2D eigenvalue weighted by Gasteiger charge is 1.98. The predicted octanol–water partition coefficient (Wildman–Crippen LogP) is 2.55. The molecule has 0 aromatic carbocycles. The van der Waals surface area contributed by atoms with Crippen molar-refractivity contribution in [3.8, 4) is 0 Å². The maximum atomic E-state index is 10.3. The smallest absolute Gasteiger partial charge is 0.303 e. The third-order valence-corrected chi connectivity index (χ3v) is 2.79. The van der Waals surface area contributed by atoms with E-state index in [1.165, 1.54) is 19.3 Å². The summed E-state index contributed by atoms with van der Waals surface area (Å²) in [6, 6.07) is 0. The van der Waals surface area contributed by atoms with Gasteiger partial charge in [-0.15, -0.1) is 0 Å². The number of aryl methyl sites for hydroxylation is 1. The third kappa shape index (κ3) is 7.49. The number of aromatic nitrogens is 3. The molecule has 1 rings (SSSR count). The number of nitrogens with zero attached hydrogens (tertiary/aromatic N) is 2. The van der Waals surface area contributed by atoms with Gasteiger partial charge >= 0.3 is 5.97 Å². The molecule has 0 spiro atoms. The SMILES string of the molecule is O=C(O)CCCCCCCCCc1cn[nH]n1. The van der Waals surface area contributed by atoms with E-state index in [0.29, 0.717) is 6.42 Å². The van der Waals surface area contributed by atoms with Gasteiger partial charge in [0.05, 0.1) is 11.9 Å². The predicted molar refractivity (Wildman–Crippen MR) is 64.7 cm³/mol. The molecule has 2 N–H and O–H groups in total. The van der Waals surface area contributed by atoms with Gasteiger partial charge in [-0.1, -0.05) is 32.1 Å². The van der Waals surface area contributed by atoms with Crippen molar-refractivity contribution in [3.63, 3.8) is 0 Å². The van der Waals surface area contributed by atoms with Gasteiger partial charge in [0.25, 0.3) is 0 Å². The van der Waals surface area contributed by atoms with Crippen LogP contribution in [-0.2, 0) is 11.2 Å². The Kier molecular flexibility index (Phi) is 7.02. The zero-order valence-electron chi connectivity index (χ0n) is 10.2. The van der Waals surface area contributed by atoms with E-state index in [4.69, 9.17) is 5.11 Å². The lowest BCUT2D eigenvalue weighted by Crippen LogP contribution is -1.93. The van der Waals surface area contributed by atoms with Crippen LogP contribution in [0.5, 0.6) is 0 Å². The fraction of sp³-hybridized carbons (Fsp3) is 0.750. The standard InChI is InChI=1S/C12H21N3O2/c16-12(17)9-7-5-3-1-2-4-6-8-11-10-13-15-14-11/h10H,1-9H2,(H,16,17)(H,13,14,15). The van der Waals surface area contributed by atoms with Crippen LogP contribution in [0.25, 0.3) is 0 Å². The van der Waals surface area contributed by atoms with Gasteiger partial charge in [-0.25, -0.2) is 0 Å². The number of carboxylic acids is 1. The molecule has 0 saturated carbocycles. The Balaban J connectivity index is 1.80. The maximum absolute atomic E-state index is 10.3. The summed E-state index contributed by atoms with van der Waals surface area (Å²) >= 11 is 0.